The summed E-state index contributed by atoms with van der Waals surface area (Å²) in [4.78, 5) is 23.3. The van der Waals surface area contributed by atoms with E-state index >= 15 is 0 Å². The topological polar surface area (TPSA) is 76.7 Å². The van der Waals surface area contributed by atoms with Crippen LogP contribution >= 0.6 is 0 Å². The highest BCUT2D eigenvalue weighted by molar-refractivity contribution is 6.05. The SMILES string of the molecule is CCOC(=O)C1(C(=O)OCC)CCNN1. The lowest BCUT2D eigenvalue weighted by Crippen LogP contribution is -2.58. The van der Waals surface area contributed by atoms with Crippen molar-refractivity contribution in [3.63, 3.8) is 0 Å². The van der Waals surface area contributed by atoms with Crippen molar-refractivity contribution < 1.29 is 19.1 Å². The summed E-state index contributed by atoms with van der Waals surface area (Å²) in [6.07, 6.45) is 0.338. The molecule has 0 atom stereocenters. The molecule has 2 N–H and O–H groups in total. The van der Waals surface area contributed by atoms with Crippen molar-refractivity contribution >= 4 is 11.9 Å². The molecule has 0 saturated carbocycles. The molecule has 15 heavy (non-hydrogen) atoms. The van der Waals surface area contributed by atoms with Crippen molar-refractivity contribution in [2.45, 2.75) is 25.8 Å². The second-order valence-electron chi connectivity index (χ2n) is 3.15. The molecule has 0 bridgehead atoms. The van der Waals surface area contributed by atoms with E-state index in [0.717, 1.165) is 0 Å². The molecular weight excluding hydrogens is 200 g/mol. The van der Waals surface area contributed by atoms with Gasteiger partial charge in [0, 0.05) is 13.0 Å². The van der Waals surface area contributed by atoms with Crippen LogP contribution in [-0.2, 0) is 19.1 Å². The van der Waals surface area contributed by atoms with Gasteiger partial charge in [0.2, 0.25) is 5.54 Å². The van der Waals surface area contributed by atoms with Gasteiger partial charge in [0.15, 0.2) is 0 Å². The van der Waals surface area contributed by atoms with Gasteiger partial charge in [-0.1, -0.05) is 0 Å². The maximum Gasteiger partial charge on any atom is 0.339 e. The highest BCUT2D eigenvalue weighted by Crippen LogP contribution is 2.18. The molecule has 0 unspecified atom stereocenters. The third-order valence-corrected chi connectivity index (χ3v) is 2.17. The fourth-order valence-electron chi connectivity index (χ4n) is 1.42. The second kappa shape index (κ2) is 5.09. The van der Waals surface area contributed by atoms with E-state index in [-0.39, 0.29) is 13.2 Å². The normalized spacial score (nSPS) is 18.5. The van der Waals surface area contributed by atoms with Crippen LogP contribution in [0, 0.1) is 0 Å². The van der Waals surface area contributed by atoms with Gasteiger partial charge in [0.1, 0.15) is 0 Å². The molecule has 1 heterocycles. The lowest BCUT2D eigenvalue weighted by Gasteiger charge is -2.23. The largest absolute Gasteiger partial charge is 0.464 e. The molecule has 0 aromatic heterocycles. The summed E-state index contributed by atoms with van der Waals surface area (Å²) in [6, 6.07) is 0. The Balaban J connectivity index is 2.78. The predicted molar refractivity (Wildman–Crippen MR) is 51.8 cm³/mol. The Bertz CT molecular complexity index is 228. The zero-order valence-electron chi connectivity index (χ0n) is 8.96. The van der Waals surface area contributed by atoms with E-state index in [4.69, 9.17) is 9.47 Å². The molecule has 6 nitrogen and oxygen atoms in total. The Hall–Kier alpha value is -1.14. The third-order valence-electron chi connectivity index (χ3n) is 2.17. The molecule has 6 heteroatoms. The monoisotopic (exact) mass is 216 g/mol. The van der Waals surface area contributed by atoms with Gasteiger partial charge in [-0.3, -0.25) is 5.43 Å². The van der Waals surface area contributed by atoms with Crippen LogP contribution in [0.25, 0.3) is 0 Å². The van der Waals surface area contributed by atoms with Gasteiger partial charge in [0.05, 0.1) is 13.2 Å². The summed E-state index contributed by atoms with van der Waals surface area (Å²) in [5.41, 5.74) is 4.01. The van der Waals surface area contributed by atoms with Crippen LogP contribution in [0.15, 0.2) is 0 Å². The lowest BCUT2D eigenvalue weighted by molar-refractivity contribution is -0.165. The molecule has 86 valence electrons. The number of carbonyl (C=O) groups excluding carboxylic acids is 2. The first-order valence-corrected chi connectivity index (χ1v) is 5.02. The van der Waals surface area contributed by atoms with Gasteiger partial charge in [-0.15, -0.1) is 0 Å². The van der Waals surface area contributed by atoms with E-state index < -0.39 is 17.5 Å². The van der Waals surface area contributed by atoms with Crippen molar-refractivity contribution in [1.82, 2.24) is 10.9 Å². The number of hydrazine groups is 1. The van der Waals surface area contributed by atoms with E-state index in [0.29, 0.717) is 13.0 Å². The molecule has 0 aliphatic carbocycles. The minimum Gasteiger partial charge on any atom is -0.464 e. The average molecular weight is 216 g/mol. The first-order chi connectivity index (χ1) is 7.17. The van der Waals surface area contributed by atoms with Gasteiger partial charge in [0.25, 0.3) is 0 Å². The van der Waals surface area contributed by atoms with Gasteiger partial charge in [-0.2, -0.15) is 0 Å². The molecule has 0 radical (unpaired) electrons. The van der Waals surface area contributed by atoms with Gasteiger partial charge in [-0.25, -0.2) is 15.0 Å². The van der Waals surface area contributed by atoms with Crippen molar-refractivity contribution in [3.8, 4) is 0 Å². The molecular formula is C9H16N2O4. The number of ether oxygens (including phenoxy) is 2. The number of nitrogens with one attached hydrogen (secondary N) is 2. The zero-order valence-corrected chi connectivity index (χ0v) is 8.96. The summed E-state index contributed by atoms with van der Waals surface area (Å²) in [6.45, 7) is 4.39. The standard InChI is InChI=1S/C9H16N2O4/c1-3-14-7(12)9(5-6-10-11-9)8(13)15-4-2/h10-11H,3-6H2,1-2H3. The highest BCUT2D eigenvalue weighted by Gasteiger charge is 2.51. The summed E-state index contributed by atoms with van der Waals surface area (Å²) in [5, 5.41) is 0. The van der Waals surface area contributed by atoms with Gasteiger partial charge < -0.3 is 9.47 Å². The van der Waals surface area contributed by atoms with Gasteiger partial charge in [-0.05, 0) is 13.8 Å². The number of hydrogen-bond acceptors (Lipinski definition) is 6. The van der Waals surface area contributed by atoms with E-state index in [2.05, 4.69) is 10.9 Å². The van der Waals surface area contributed by atoms with E-state index in [9.17, 15) is 9.59 Å². The Kier molecular flexibility index (Phi) is 4.05. The molecule has 0 spiro atoms. The minimum absolute atomic E-state index is 0.238. The van der Waals surface area contributed by atoms with Crippen LogP contribution in [-0.4, -0.2) is 37.2 Å². The molecule has 1 fully saturated rings. The summed E-state index contributed by atoms with van der Waals surface area (Å²) in [7, 11) is 0. The fourth-order valence-corrected chi connectivity index (χ4v) is 1.42. The van der Waals surface area contributed by atoms with Crippen molar-refractivity contribution in [2.24, 2.45) is 0 Å². The number of esters is 2. The maximum atomic E-state index is 11.7. The molecule has 1 rings (SSSR count). The number of rotatable bonds is 4. The Morgan fingerprint density at radius 3 is 2.07 bits per heavy atom. The molecule has 0 aromatic rings. The predicted octanol–water partition coefficient (Wildman–Crippen LogP) is -0.651. The molecule has 0 aromatic carbocycles. The number of hydrogen-bond donors (Lipinski definition) is 2. The Morgan fingerprint density at radius 2 is 1.73 bits per heavy atom. The third kappa shape index (κ3) is 2.27. The van der Waals surface area contributed by atoms with Crippen LogP contribution in [0.2, 0.25) is 0 Å². The van der Waals surface area contributed by atoms with E-state index in [1.165, 1.54) is 0 Å². The maximum absolute atomic E-state index is 11.7. The Morgan fingerprint density at radius 1 is 1.20 bits per heavy atom. The Labute approximate surface area is 88.3 Å². The van der Waals surface area contributed by atoms with Crippen LogP contribution in [0.1, 0.15) is 20.3 Å². The fraction of sp³-hybridized carbons (Fsp3) is 0.778. The van der Waals surface area contributed by atoms with E-state index in [1.807, 2.05) is 0 Å². The summed E-state index contributed by atoms with van der Waals surface area (Å²) >= 11 is 0. The van der Waals surface area contributed by atoms with Crippen LogP contribution in [0.5, 0.6) is 0 Å². The quantitative estimate of drug-likeness (QED) is 0.480. The van der Waals surface area contributed by atoms with Crippen LogP contribution in [0.3, 0.4) is 0 Å². The highest BCUT2D eigenvalue weighted by atomic mass is 16.6. The molecule has 1 aliphatic rings. The summed E-state index contributed by atoms with van der Waals surface area (Å²) < 4.78 is 9.71. The smallest absolute Gasteiger partial charge is 0.339 e. The second-order valence-corrected chi connectivity index (χ2v) is 3.15. The molecule has 1 saturated heterocycles. The molecule has 1 aliphatic heterocycles. The zero-order chi connectivity index (χ0) is 11.3. The van der Waals surface area contributed by atoms with Crippen molar-refractivity contribution in [3.05, 3.63) is 0 Å². The molecule has 0 amide bonds. The average Bonchev–Trinajstić information content (AvgIpc) is 2.68. The van der Waals surface area contributed by atoms with E-state index in [1.54, 1.807) is 13.8 Å². The van der Waals surface area contributed by atoms with Crippen LogP contribution in [0.4, 0.5) is 0 Å². The first kappa shape index (κ1) is 11.9. The minimum atomic E-state index is -1.37. The van der Waals surface area contributed by atoms with Crippen LogP contribution < -0.4 is 10.9 Å². The van der Waals surface area contributed by atoms with Crippen molar-refractivity contribution in [2.75, 3.05) is 19.8 Å². The van der Waals surface area contributed by atoms with Crippen molar-refractivity contribution in [1.29, 1.82) is 0 Å². The lowest BCUT2D eigenvalue weighted by atomic mass is 9.98. The number of carbonyl (C=O) groups is 2. The summed E-state index contributed by atoms with van der Waals surface area (Å²) in [5.74, 6) is -1.18. The first-order valence-electron chi connectivity index (χ1n) is 5.02. The van der Waals surface area contributed by atoms with Gasteiger partial charge >= 0.3 is 11.9 Å².